The Kier molecular flexibility index (Phi) is 3.95. The summed E-state index contributed by atoms with van der Waals surface area (Å²) in [5.41, 5.74) is 0.442. The van der Waals surface area contributed by atoms with Gasteiger partial charge in [0.25, 0.3) is 5.91 Å². The van der Waals surface area contributed by atoms with E-state index >= 15 is 0 Å². The molecule has 3 aliphatic rings. The molecule has 1 N–H and O–H groups in total. The molecule has 0 spiro atoms. The summed E-state index contributed by atoms with van der Waals surface area (Å²) in [6.07, 6.45) is 5.32. The van der Waals surface area contributed by atoms with Crippen LogP contribution in [0.5, 0.6) is 0 Å². The smallest absolute Gasteiger partial charge is 0.270 e. The highest BCUT2D eigenvalue weighted by atomic mass is 35.5. The third-order valence-corrected chi connectivity index (χ3v) is 5.41. The normalized spacial score (nSPS) is 26.9. The number of fused-ring (bicyclic) bond motifs is 5. The predicted molar refractivity (Wildman–Crippen MR) is 91.8 cm³/mol. The van der Waals surface area contributed by atoms with Crippen LogP contribution in [-0.4, -0.2) is 41.5 Å². The van der Waals surface area contributed by atoms with Gasteiger partial charge in [-0.1, -0.05) is 23.7 Å². The summed E-state index contributed by atoms with van der Waals surface area (Å²) < 4.78 is 0. The Morgan fingerprint density at radius 3 is 2.96 bits per heavy atom. The van der Waals surface area contributed by atoms with E-state index in [4.69, 9.17) is 11.6 Å². The van der Waals surface area contributed by atoms with Gasteiger partial charge in [0.1, 0.15) is 5.69 Å². The quantitative estimate of drug-likeness (QED) is 0.920. The highest BCUT2D eigenvalue weighted by Crippen LogP contribution is 2.27. The SMILES string of the molecule is O=C(NC1CC2CCN(CC2)C1)c1cc2c(Cl)cccc2cn1. The van der Waals surface area contributed by atoms with Crippen molar-refractivity contribution in [3.8, 4) is 0 Å². The molecule has 3 saturated heterocycles. The maximum Gasteiger partial charge on any atom is 0.270 e. The molecule has 0 radical (unpaired) electrons. The van der Waals surface area contributed by atoms with Gasteiger partial charge in [-0.3, -0.25) is 9.78 Å². The third kappa shape index (κ3) is 3.06. The number of amides is 1. The fourth-order valence-electron chi connectivity index (χ4n) is 3.81. The molecule has 120 valence electrons. The third-order valence-electron chi connectivity index (χ3n) is 5.08. The van der Waals surface area contributed by atoms with Gasteiger partial charge in [0.05, 0.1) is 0 Å². The van der Waals surface area contributed by atoms with E-state index in [0.29, 0.717) is 10.7 Å². The number of aromatic nitrogens is 1. The Bertz CT molecular complexity index is 726. The summed E-state index contributed by atoms with van der Waals surface area (Å²) in [5, 5.41) is 5.65. The number of nitrogens with zero attached hydrogens (tertiary/aromatic N) is 2. The molecule has 23 heavy (non-hydrogen) atoms. The van der Waals surface area contributed by atoms with E-state index in [-0.39, 0.29) is 11.9 Å². The van der Waals surface area contributed by atoms with Crippen molar-refractivity contribution < 1.29 is 4.79 Å². The van der Waals surface area contributed by atoms with Gasteiger partial charge in [0.2, 0.25) is 0 Å². The highest BCUT2D eigenvalue weighted by Gasteiger charge is 2.30. The van der Waals surface area contributed by atoms with E-state index in [0.717, 1.165) is 29.7 Å². The van der Waals surface area contributed by atoms with Crippen LogP contribution in [0.2, 0.25) is 5.02 Å². The van der Waals surface area contributed by atoms with Crippen molar-refractivity contribution in [3.63, 3.8) is 0 Å². The maximum atomic E-state index is 12.6. The van der Waals surface area contributed by atoms with E-state index in [1.807, 2.05) is 18.2 Å². The maximum absolute atomic E-state index is 12.6. The lowest BCUT2D eigenvalue weighted by Gasteiger charge is -2.26. The summed E-state index contributed by atoms with van der Waals surface area (Å²) in [7, 11) is 0. The van der Waals surface area contributed by atoms with Crippen LogP contribution in [0.25, 0.3) is 10.8 Å². The zero-order chi connectivity index (χ0) is 15.8. The number of benzene rings is 1. The Morgan fingerprint density at radius 2 is 2.13 bits per heavy atom. The van der Waals surface area contributed by atoms with Gasteiger partial charge < -0.3 is 10.2 Å². The Hall–Kier alpha value is -1.65. The molecule has 0 aliphatic carbocycles. The van der Waals surface area contributed by atoms with Crippen molar-refractivity contribution in [2.75, 3.05) is 19.6 Å². The second-order valence-electron chi connectivity index (χ2n) is 6.68. The number of carbonyl (C=O) groups is 1. The van der Waals surface area contributed by atoms with Crippen LogP contribution >= 0.6 is 11.6 Å². The zero-order valence-electron chi connectivity index (χ0n) is 13.0. The summed E-state index contributed by atoms with van der Waals surface area (Å²) >= 11 is 6.23. The number of piperidine rings is 1. The largest absolute Gasteiger partial charge is 0.347 e. The van der Waals surface area contributed by atoms with E-state index in [1.54, 1.807) is 12.3 Å². The first-order chi connectivity index (χ1) is 11.2. The molecule has 3 fully saturated rings. The van der Waals surface area contributed by atoms with Gasteiger partial charge in [0, 0.05) is 34.6 Å². The standard InChI is InChI=1S/C18H20ClN3O/c19-16-3-1-2-13-10-20-17(9-15(13)16)18(23)21-14-8-12-4-6-22(11-14)7-5-12/h1-3,9-10,12,14H,4-8,11H2,(H,21,23). The first-order valence-corrected chi connectivity index (χ1v) is 8.64. The summed E-state index contributed by atoms with van der Waals surface area (Å²) in [6.45, 7) is 3.29. The second-order valence-corrected chi connectivity index (χ2v) is 7.09. The fraction of sp³-hybridized carbons (Fsp3) is 0.444. The average molecular weight is 330 g/mol. The van der Waals surface area contributed by atoms with Crippen molar-refractivity contribution in [3.05, 3.63) is 41.2 Å². The van der Waals surface area contributed by atoms with Gasteiger partial charge in [0.15, 0.2) is 0 Å². The number of carbonyl (C=O) groups excluding carboxylic acids is 1. The summed E-state index contributed by atoms with van der Waals surface area (Å²) in [4.78, 5) is 19.3. The predicted octanol–water partition coefficient (Wildman–Crippen LogP) is 3.10. The van der Waals surface area contributed by atoms with E-state index < -0.39 is 0 Å². The Morgan fingerprint density at radius 1 is 1.30 bits per heavy atom. The van der Waals surface area contributed by atoms with Crippen molar-refractivity contribution in [1.82, 2.24) is 15.2 Å². The number of rotatable bonds is 2. The van der Waals surface area contributed by atoms with Crippen LogP contribution in [0.1, 0.15) is 29.8 Å². The number of hydrogen-bond acceptors (Lipinski definition) is 3. The number of nitrogens with one attached hydrogen (secondary N) is 1. The van der Waals surface area contributed by atoms with Crippen LogP contribution in [0.15, 0.2) is 30.5 Å². The molecule has 5 heteroatoms. The van der Waals surface area contributed by atoms with Crippen LogP contribution in [0.3, 0.4) is 0 Å². The topological polar surface area (TPSA) is 45.2 Å². The summed E-state index contributed by atoms with van der Waals surface area (Å²) in [5.74, 6) is 0.650. The minimum absolute atomic E-state index is 0.0979. The molecule has 2 bridgehead atoms. The molecule has 4 nitrogen and oxygen atoms in total. The van der Waals surface area contributed by atoms with Crippen LogP contribution in [-0.2, 0) is 0 Å². The van der Waals surface area contributed by atoms with Crippen molar-refractivity contribution in [2.24, 2.45) is 5.92 Å². The molecule has 1 unspecified atom stereocenters. The molecule has 1 amide bonds. The van der Waals surface area contributed by atoms with Crippen molar-refractivity contribution in [1.29, 1.82) is 0 Å². The molecule has 1 aromatic carbocycles. The fourth-order valence-corrected chi connectivity index (χ4v) is 4.05. The van der Waals surface area contributed by atoms with E-state index in [9.17, 15) is 4.79 Å². The second kappa shape index (κ2) is 6.10. The molecule has 1 atom stereocenters. The molecule has 1 aromatic heterocycles. The van der Waals surface area contributed by atoms with Crippen LogP contribution in [0.4, 0.5) is 0 Å². The first-order valence-electron chi connectivity index (χ1n) is 8.26. The molecule has 3 aliphatic heterocycles. The summed E-state index contributed by atoms with van der Waals surface area (Å²) in [6, 6.07) is 7.69. The van der Waals surface area contributed by atoms with E-state index in [2.05, 4.69) is 15.2 Å². The number of hydrogen-bond donors (Lipinski definition) is 1. The van der Waals surface area contributed by atoms with Crippen LogP contribution in [0, 0.1) is 5.92 Å². The molecular weight excluding hydrogens is 310 g/mol. The van der Waals surface area contributed by atoms with Gasteiger partial charge >= 0.3 is 0 Å². The lowest BCUT2D eigenvalue weighted by atomic mass is 9.94. The molecular formula is C18H20ClN3O. The molecule has 2 aromatic rings. The molecule has 4 heterocycles. The number of halogens is 1. The minimum atomic E-state index is -0.0979. The average Bonchev–Trinajstić information content (AvgIpc) is 2.87. The number of pyridine rings is 1. The van der Waals surface area contributed by atoms with Crippen LogP contribution < -0.4 is 5.32 Å². The minimum Gasteiger partial charge on any atom is -0.347 e. The first kappa shape index (κ1) is 14.9. The van der Waals surface area contributed by atoms with Crippen molar-refractivity contribution >= 4 is 28.3 Å². The highest BCUT2D eigenvalue weighted by molar-refractivity contribution is 6.35. The van der Waals surface area contributed by atoms with Crippen molar-refractivity contribution in [2.45, 2.75) is 25.3 Å². The lowest BCUT2D eigenvalue weighted by molar-refractivity contribution is 0.0924. The molecule has 5 rings (SSSR count). The van der Waals surface area contributed by atoms with E-state index in [1.165, 1.54) is 25.9 Å². The van der Waals surface area contributed by atoms with Gasteiger partial charge in [-0.25, -0.2) is 0 Å². The molecule has 0 saturated carbocycles. The van der Waals surface area contributed by atoms with Gasteiger partial charge in [-0.15, -0.1) is 0 Å². The van der Waals surface area contributed by atoms with Gasteiger partial charge in [-0.2, -0.15) is 0 Å². The zero-order valence-corrected chi connectivity index (χ0v) is 13.7. The monoisotopic (exact) mass is 329 g/mol. The van der Waals surface area contributed by atoms with Gasteiger partial charge in [-0.05, 0) is 50.4 Å². The lowest BCUT2D eigenvalue weighted by Crippen LogP contribution is -2.42. The Balaban J connectivity index is 1.54. The Labute approximate surface area is 140 Å².